The molecule has 0 rings (SSSR count). The summed E-state index contributed by atoms with van der Waals surface area (Å²) in [6, 6.07) is 0. The van der Waals surface area contributed by atoms with E-state index < -0.39 is 0 Å². The molecule has 0 atom stereocenters. The second kappa shape index (κ2) is 4.34. The number of hydrogen-bond acceptors (Lipinski definition) is 3. The van der Waals surface area contributed by atoms with Gasteiger partial charge in [-0.15, -0.1) is 0 Å². The average Bonchev–Trinajstić information content (AvgIpc) is 2.00. The van der Waals surface area contributed by atoms with E-state index in [1.807, 2.05) is 7.05 Å². The molecule has 0 aliphatic rings. The SMILES string of the molecule is CNC(C)(C)CCC(=O)OC. The van der Waals surface area contributed by atoms with Crippen molar-refractivity contribution in [2.45, 2.75) is 32.2 Å². The Labute approximate surface area is 68.1 Å². The lowest BCUT2D eigenvalue weighted by Crippen LogP contribution is -2.36. The van der Waals surface area contributed by atoms with Crippen LogP contribution in [-0.2, 0) is 9.53 Å². The van der Waals surface area contributed by atoms with E-state index in [0.29, 0.717) is 6.42 Å². The van der Waals surface area contributed by atoms with E-state index in [1.54, 1.807) is 0 Å². The quantitative estimate of drug-likeness (QED) is 0.620. The number of nitrogens with one attached hydrogen (secondary N) is 1. The van der Waals surface area contributed by atoms with Gasteiger partial charge in [0.1, 0.15) is 0 Å². The molecule has 0 aromatic rings. The Kier molecular flexibility index (Phi) is 4.11. The summed E-state index contributed by atoms with van der Waals surface area (Å²) < 4.78 is 4.52. The Morgan fingerprint density at radius 2 is 2.09 bits per heavy atom. The summed E-state index contributed by atoms with van der Waals surface area (Å²) in [4.78, 5) is 10.7. The second-order valence-corrected chi connectivity index (χ2v) is 3.21. The summed E-state index contributed by atoms with van der Waals surface area (Å²) in [5.74, 6) is -0.145. The highest BCUT2D eigenvalue weighted by atomic mass is 16.5. The van der Waals surface area contributed by atoms with Crippen molar-refractivity contribution < 1.29 is 9.53 Å². The minimum Gasteiger partial charge on any atom is -0.469 e. The monoisotopic (exact) mass is 159 g/mol. The highest BCUT2D eigenvalue weighted by Crippen LogP contribution is 2.10. The topological polar surface area (TPSA) is 38.3 Å². The predicted molar refractivity (Wildman–Crippen MR) is 44.4 cm³/mol. The number of hydrogen-bond donors (Lipinski definition) is 1. The van der Waals surface area contributed by atoms with Crippen molar-refractivity contribution in [3.8, 4) is 0 Å². The molecule has 0 saturated heterocycles. The standard InChI is InChI=1S/C8H17NO2/c1-8(2,9-3)6-5-7(10)11-4/h9H,5-6H2,1-4H3. The van der Waals surface area contributed by atoms with Crippen molar-refractivity contribution in [2.24, 2.45) is 0 Å². The van der Waals surface area contributed by atoms with E-state index in [0.717, 1.165) is 6.42 Å². The fourth-order valence-electron chi connectivity index (χ4n) is 0.642. The van der Waals surface area contributed by atoms with Gasteiger partial charge >= 0.3 is 5.97 Å². The van der Waals surface area contributed by atoms with Gasteiger partial charge in [0.2, 0.25) is 0 Å². The van der Waals surface area contributed by atoms with Crippen LogP contribution in [0, 0.1) is 0 Å². The molecule has 0 unspecified atom stereocenters. The van der Waals surface area contributed by atoms with E-state index in [1.165, 1.54) is 7.11 Å². The third-order valence-corrected chi connectivity index (χ3v) is 1.86. The molecule has 0 aliphatic carbocycles. The van der Waals surface area contributed by atoms with E-state index in [2.05, 4.69) is 23.9 Å². The van der Waals surface area contributed by atoms with Crippen LogP contribution in [0.4, 0.5) is 0 Å². The van der Waals surface area contributed by atoms with Crippen LogP contribution in [-0.4, -0.2) is 25.7 Å². The van der Waals surface area contributed by atoms with Crippen molar-refractivity contribution in [1.82, 2.24) is 5.32 Å². The zero-order valence-electron chi connectivity index (χ0n) is 7.73. The van der Waals surface area contributed by atoms with Crippen LogP contribution in [0.3, 0.4) is 0 Å². The van der Waals surface area contributed by atoms with Gasteiger partial charge in [-0.3, -0.25) is 4.79 Å². The second-order valence-electron chi connectivity index (χ2n) is 3.21. The molecule has 0 saturated carbocycles. The Morgan fingerprint density at radius 1 is 1.55 bits per heavy atom. The highest BCUT2D eigenvalue weighted by molar-refractivity contribution is 5.69. The number of methoxy groups -OCH3 is 1. The Balaban J connectivity index is 3.61. The molecule has 3 heteroatoms. The molecular formula is C8H17NO2. The summed E-state index contributed by atoms with van der Waals surface area (Å²) >= 11 is 0. The van der Waals surface area contributed by atoms with Crippen molar-refractivity contribution in [2.75, 3.05) is 14.2 Å². The Morgan fingerprint density at radius 3 is 2.45 bits per heavy atom. The summed E-state index contributed by atoms with van der Waals surface area (Å²) in [7, 11) is 3.30. The van der Waals surface area contributed by atoms with Gasteiger partial charge in [-0.1, -0.05) is 0 Å². The Bertz CT molecular complexity index is 132. The van der Waals surface area contributed by atoms with Crippen LogP contribution in [0.15, 0.2) is 0 Å². The zero-order valence-corrected chi connectivity index (χ0v) is 7.73. The fraction of sp³-hybridized carbons (Fsp3) is 0.875. The fourth-order valence-corrected chi connectivity index (χ4v) is 0.642. The molecule has 0 amide bonds. The number of rotatable bonds is 4. The van der Waals surface area contributed by atoms with Crippen molar-refractivity contribution in [1.29, 1.82) is 0 Å². The zero-order chi connectivity index (χ0) is 8.91. The Hall–Kier alpha value is -0.570. The maximum Gasteiger partial charge on any atom is 0.305 e. The van der Waals surface area contributed by atoms with Crippen LogP contribution in [0.25, 0.3) is 0 Å². The lowest BCUT2D eigenvalue weighted by Gasteiger charge is -2.22. The minimum absolute atomic E-state index is 0.0220. The van der Waals surface area contributed by atoms with Gasteiger partial charge in [0, 0.05) is 12.0 Å². The number of carbonyl (C=O) groups excluding carboxylic acids is 1. The molecule has 0 spiro atoms. The first kappa shape index (κ1) is 10.4. The summed E-state index contributed by atoms with van der Waals surface area (Å²) in [5, 5.41) is 3.11. The summed E-state index contributed by atoms with van der Waals surface area (Å²) in [6.07, 6.45) is 1.28. The average molecular weight is 159 g/mol. The molecule has 3 nitrogen and oxygen atoms in total. The molecule has 0 aromatic heterocycles. The number of ether oxygens (including phenoxy) is 1. The van der Waals surface area contributed by atoms with Gasteiger partial charge < -0.3 is 10.1 Å². The summed E-state index contributed by atoms with van der Waals surface area (Å²) in [5.41, 5.74) is 0.0220. The van der Waals surface area contributed by atoms with E-state index in [-0.39, 0.29) is 11.5 Å². The first-order valence-electron chi connectivity index (χ1n) is 3.77. The maximum absolute atomic E-state index is 10.7. The van der Waals surface area contributed by atoms with Gasteiger partial charge in [0.15, 0.2) is 0 Å². The van der Waals surface area contributed by atoms with E-state index in [4.69, 9.17) is 0 Å². The molecule has 66 valence electrons. The molecule has 0 fully saturated rings. The number of esters is 1. The molecule has 0 radical (unpaired) electrons. The van der Waals surface area contributed by atoms with Crippen molar-refractivity contribution in [3.63, 3.8) is 0 Å². The van der Waals surface area contributed by atoms with Crippen molar-refractivity contribution in [3.05, 3.63) is 0 Å². The maximum atomic E-state index is 10.7. The third-order valence-electron chi connectivity index (χ3n) is 1.86. The van der Waals surface area contributed by atoms with Gasteiger partial charge in [-0.05, 0) is 27.3 Å². The largest absolute Gasteiger partial charge is 0.469 e. The summed E-state index contributed by atoms with van der Waals surface area (Å²) in [6.45, 7) is 4.10. The van der Waals surface area contributed by atoms with Gasteiger partial charge in [0.05, 0.1) is 7.11 Å². The number of carbonyl (C=O) groups is 1. The molecule has 0 aliphatic heterocycles. The van der Waals surface area contributed by atoms with Crippen LogP contribution in [0.1, 0.15) is 26.7 Å². The molecule has 0 heterocycles. The van der Waals surface area contributed by atoms with Gasteiger partial charge in [-0.2, -0.15) is 0 Å². The normalized spacial score (nSPS) is 11.3. The van der Waals surface area contributed by atoms with Crippen LogP contribution < -0.4 is 5.32 Å². The van der Waals surface area contributed by atoms with Crippen LogP contribution in [0.5, 0.6) is 0 Å². The first-order valence-corrected chi connectivity index (χ1v) is 3.77. The third kappa shape index (κ3) is 4.79. The van der Waals surface area contributed by atoms with Crippen LogP contribution in [0.2, 0.25) is 0 Å². The van der Waals surface area contributed by atoms with Crippen molar-refractivity contribution >= 4 is 5.97 Å². The van der Waals surface area contributed by atoms with E-state index >= 15 is 0 Å². The molecule has 1 N–H and O–H groups in total. The van der Waals surface area contributed by atoms with Gasteiger partial charge in [0.25, 0.3) is 0 Å². The lowest BCUT2D eigenvalue weighted by atomic mass is 9.99. The highest BCUT2D eigenvalue weighted by Gasteiger charge is 2.16. The minimum atomic E-state index is -0.145. The smallest absolute Gasteiger partial charge is 0.305 e. The van der Waals surface area contributed by atoms with Gasteiger partial charge in [-0.25, -0.2) is 0 Å². The molecule has 0 bridgehead atoms. The van der Waals surface area contributed by atoms with E-state index in [9.17, 15) is 4.79 Å². The molecular weight excluding hydrogens is 142 g/mol. The lowest BCUT2D eigenvalue weighted by molar-refractivity contribution is -0.141. The molecule has 11 heavy (non-hydrogen) atoms. The molecule has 0 aromatic carbocycles. The first-order chi connectivity index (χ1) is 5.02. The predicted octanol–water partition coefficient (Wildman–Crippen LogP) is 0.938. The van der Waals surface area contributed by atoms with Crippen LogP contribution >= 0.6 is 0 Å².